The number of hydrogen-bond donors (Lipinski definition) is 1. The minimum atomic E-state index is -0.165. The summed E-state index contributed by atoms with van der Waals surface area (Å²) in [5.74, 6) is 0.656. The fraction of sp³-hybridized carbons (Fsp3) is 0.417. The first-order chi connectivity index (χ1) is 7.69. The highest BCUT2D eigenvalue weighted by Crippen LogP contribution is 2.24. The van der Waals surface area contributed by atoms with Gasteiger partial charge in [-0.25, -0.2) is 0 Å². The highest BCUT2D eigenvalue weighted by molar-refractivity contribution is 9.10. The van der Waals surface area contributed by atoms with Gasteiger partial charge in [0.05, 0.1) is 17.1 Å². The van der Waals surface area contributed by atoms with Gasteiger partial charge in [-0.15, -0.1) is 0 Å². The van der Waals surface area contributed by atoms with E-state index in [4.69, 9.17) is 4.74 Å². The van der Waals surface area contributed by atoms with Crippen molar-refractivity contribution in [1.82, 2.24) is 0 Å². The summed E-state index contributed by atoms with van der Waals surface area (Å²) in [5, 5.41) is 2.84. The number of hydrogen-bond acceptors (Lipinski definition) is 2. The zero-order valence-electron chi connectivity index (χ0n) is 9.50. The smallest absolute Gasteiger partial charge is 0.238 e. The highest BCUT2D eigenvalue weighted by atomic mass is 79.9. The average Bonchev–Trinajstić information content (AvgIpc) is 2.31. The molecule has 1 rings (SSSR count). The van der Waals surface area contributed by atoms with Crippen molar-refractivity contribution in [3.05, 3.63) is 24.3 Å². The topological polar surface area (TPSA) is 38.3 Å². The largest absolute Gasteiger partial charge is 0.492 e. The number of ether oxygens (including phenoxy) is 1. The van der Waals surface area contributed by atoms with Crippen molar-refractivity contribution >= 4 is 27.5 Å². The van der Waals surface area contributed by atoms with E-state index < -0.39 is 0 Å². The van der Waals surface area contributed by atoms with Gasteiger partial charge >= 0.3 is 0 Å². The molecule has 4 heteroatoms. The molecule has 88 valence electrons. The van der Waals surface area contributed by atoms with E-state index in [1.165, 1.54) is 0 Å². The third-order valence-corrected chi connectivity index (χ3v) is 3.15. The van der Waals surface area contributed by atoms with Crippen molar-refractivity contribution in [2.24, 2.45) is 0 Å². The summed E-state index contributed by atoms with van der Waals surface area (Å²) in [6, 6.07) is 7.42. The van der Waals surface area contributed by atoms with Gasteiger partial charge in [0.15, 0.2) is 0 Å². The third-order valence-electron chi connectivity index (χ3n) is 2.09. The predicted octanol–water partition coefficient (Wildman–Crippen LogP) is 3.20. The second-order valence-electron chi connectivity index (χ2n) is 3.29. The lowest BCUT2D eigenvalue weighted by atomic mass is 10.2. The van der Waals surface area contributed by atoms with E-state index in [1.54, 1.807) is 0 Å². The first-order valence-electron chi connectivity index (χ1n) is 5.35. The van der Waals surface area contributed by atoms with Crippen molar-refractivity contribution in [2.75, 3.05) is 11.9 Å². The summed E-state index contributed by atoms with van der Waals surface area (Å²) in [4.78, 5) is 11.5. The van der Waals surface area contributed by atoms with E-state index in [0.717, 1.165) is 6.42 Å². The molecule has 0 heterocycles. The van der Waals surface area contributed by atoms with Crippen molar-refractivity contribution < 1.29 is 9.53 Å². The Morgan fingerprint density at radius 2 is 2.12 bits per heavy atom. The molecule has 16 heavy (non-hydrogen) atoms. The molecule has 1 N–H and O–H groups in total. The molecule has 0 aliphatic heterocycles. The second-order valence-corrected chi connectivity index (χ2v) is 4.40. The molecule has 0 fully saturated rings. The normalized spacial score (nSPS) is 11.9. The van der Waals surface area contributed by atoms with Gasteiger partial charge in [-0.2, -0.15) is 0 Å². The van der Waals surface area contributed by atoms with Crippen LogP contribution in [0.5, 0.6) is 5.75 Å². The molecule has 0 unspecified atom stereocenters. The van der Waals surface area contributed by atoms with Gasteiger partial charge in [0.2, 0.25) is 5.91 Å². The molecular formula is C12H16BrNO2. The third kappa shape index (κ3) is 3.52. The molecule has 0 saturated carbocycles. The monoisotopic (exact) mass is 285 g/mol. The number of carbonyl (C=O) groups is 1. The predicted molar refractivity (Wildman–Crippen MR) is 69.2 cm³/mol. The van der Waals surface area contributed by atoms with Gasteiger partial charge in [-0.1, -0.05) is 35.0 Å². The van der Waals surface area contributed by atoms with Crippen LogP contribution in [0, 0.1) is 0 Å². The van der Waals surface area contributed by atoms with Gasteiger partial charge in [0.1, 0.15) is 5.75 Å². The Morgan fingerprint density at radius 1 is 1.44 bits per heavy atom. The van der Waals surface area contributed by atoms with Crippen LogP contribution in [0.3, 0.4) is 0 Å². The first-order valence-corrected chi connectivity index (χ1v) is 6.27. The number of carbonyl (C=O) groups excluding carboxylic acids is 1. The van der Waals surface area contributed by atoms with E-state index in [0.29, 0.717) is 18.0 Å². The van der Waals surface area contributed by atoms with Gasteiger partial charge in [-0.05, 0) is 25.5 Å². The van der Waals surface area contributed by atoms with Crippen LogP contribution in [0.4, 0.5) is 5.69 Å². The summed E-state index contributed by atoms with van der Waals surface area (Å²) < 4.78 is 5.42. The Hall–Kier alpha value is -1.03. The highest BCUT2D eigenvalue weighted by Gasteiger charge is 2.14. The standard InChI is InChI=1S/C12H16BrNO2/c1-3-9(13)12(15)14-10-7-5-6-8-11(10)16-4-2/h5-9H,3-4H2,1-2H3,(H,14,15)/t9-/m0/s1. The number of anilines is 1. The van der Waals surface area contributed by atoms with Crippen LogP contribution in [-0.2, 0) is 4.79 Å². The van der Waals surface area contributed by atoms with Crippen molar-refractivity contribution in [3.63, 3.8) is 0 Å². The van der Waals surface area contributed by atoms with Crippen LogP contribution >= 0.6 is 15.9 Å². The van der Waals surface area contributed by atoms with Crippen LogP contribution in [-0.4, -0.2) is 17.3 Å². The molecular weight excluding hydrogens is 270 g/mol. The Labute approximate surface area is 104 Å². The lowest BCUT2D eigenvalue weighted by Gasteiger charge is -2.12. The van der Waals surface area contributed by atoms with Crippen LogP contribution in [0.1, 0.15) is 20.3 Å². The zero-order valence-corrected chi connectivity index (χ0v) is 11.1. The SMILES string of the molecule is CCOc1ccccc1NC(=O)[C@@H](Br)CC. The molecule has 1 aromatic rings. The van der Waals surface area contributed by atoms with Crippen molar-refractivity contribution in [2.45, 2.75) is 25.1 Å². The van der Waals surface area contributed by atoms with E-state index in [-0.39, 0.29) is 10.7 Å². The number of nitrogens with one attached hydrogen (secondary N) is 1. The molecule has 0 aliphatic rings. The summed E-state index contributed by atoms with van der Waals surface area (Å²) in [7, 11) is 0. The molecule has 1 atom stereocenters. The Bertz CT molecular complexity index is 355. The van der Waals surface area contributed by atoms with Gasteiger partial charge in [-0.3, -0.25) is 4.79 Å². The molecule has 3 nitrogen and oxygen atoms in total. The van der Waals surface area contributed by atoms with E-state index >= 15 is 0 Å². The van der Waals surface area contributed by atoms with E-state index in [9.17, 15) is 4.79 Å². The minimum absolute atomic E-state index is 0.0466. The number of amides is 1. The fourth-order valence-electron chi connectivity index (χ4n) is 1.25. The molecule has 0 spiro atoms. The maximum atomic E-state index is 11.7. The van der Waals surface area contributed by atoms with Crippen molar-refractivity contribution in [3.8, 4) is 5.75 Å². The number of alkyl halides is 1. The summed E-state index contributed by atoms with van der Waals surface area (Å²) in [6.07, 6.45) is 0.753. The molecule has 0 saturated heterocycles. The summed E-state index contributed by atoms with van der Waals surface area (Å²) in [6.45, 7) is 4.45. The molecule has 1 amide bonds. The van der Waals surface area contributed by atoms with E-state index in [1.807, 2.05) is 38.1 Å². The maximum Gasteiger partial charge on any atom is 0.238 e. The lowest BCUT2D eigenvalue weighted by molar-refractivity contribution is -0.115. The molecule has 0 aromatic heterocycles. The van der Waals surface area contributed by atoms with Gasteiger partial charge in [0.25, 0.3) is 0 Å². The van der Waals surface area contributed by atoms with Crippen LogP contribution in [0.25, 0.3) is 0 Å². The second kappa shape index (κ2) is 6.53. The quantitative estimate of drug-likeness (QED) is 0.844. The number of para-hydroxylation sites is 2. The maximum absolute atomic E-state index is 11.7. The van der Waals surface area contributed by atoms with Crippen LogP contribution in [0.15, 0.2) is 24.3 Å². The van der Waals surface area contributed by atoms with E-state index in [2.05, 4.69) is 21.2 Å². The average molecular weight is 286 g/mol. The molecule has 0 aliphatic carbocycles. The van der Waals surface area contributed by atoms with Crippen LogP contribution in [0.2, 0.25) is 0 Å². The lowest BCUT2D eigenvalue weighted by Crippen LogP contribution is -2.22. The minimum Gasteiger partial charge on any atom is -0.492 e. The first kappa shape index (κ1) is 13.0. The Morgan fingerprint density at radius 3 is 2.75 bits per heavy atom. The van der Waals surface area contributed by atoms with Crippen molar-refractivity contribution in [1.29, 1.82) is 0 Å². The Balaban J connectivity index is 2.76. The number of halogens is 1. The van der Waals surface area contributed by atoms with Gasteiger partial charge in [0, 0.05) is 0 Å². The van der Waals surface area contributed by atoms with Gasteiger partial charge < -0.3 is 10.1 Å². The zero-order chi connectivity index (χ0) is 12.0. The number of rotatable bonds is 5. The fourth-order valence-corrected chi connectivity index (χ4v) is 1.36. The number of benzene rings is 1. The summed E-state index contributed by atoms with van der Waals surface area (Å²) >= 11 is 3.31. The molecule has 0 radical (unpaired) electrons. The Kier molecular flexibility index (Phi) is 5.32. The van der Waals surface area contributed by atoms with Crippen LogP contribution < -0.4 is 10.1 Å². The summed E-state index contributed by atoms with van der Waals surface area (Å²) in [5.41, 5.74) is 0.715. The molecule has 0 bridgehead atoms. The molecule has 1 aromatic carbocycles.